The molecule has 0 unspecified atom stereocenters. The van der Waals surface area contributed by atoms with E-state index in [1.54, 1.807) is 0 Å². The summed E-state index contributed by atoms with van der Waals surface area (Å²) in [6, 6.07) is 10.3. The van der Waals surface area contributed by atoms with Gasteiger partial charge in [0.15, 0.2) is 0 Å². The molecule has 1 aromatic heterocycles. The topological polar surface area (TPSA) is 17.8 Å². The van der Waals surface area contributed by atoms with Crippen LogP contribution in [0.25, 0.3) is 11.4 Å². The quantitative estimate of drug-likeness (QED) is 0.817. The van der Waals surface area contributed by atoms with Crippen LogP contribution in [0.5, 0.6) is 0 Å². The second kappa shape index (κ2) is 4.96. The summed E-state index contributed by atoms with van der Waals surface area (Å²) in [6.07, 6.45) is 3.89. The molecule has 0 fully saturated rings. The summed E-state index contributed by atoms with van der Waals surface area (Å²) in [5.74, 6) is 1.89. The fourth-order valence-corrected chi connectivity index (χ4v) is 1.90. The number of thiol groups is 1. The molecule has 0 aliphatic rings. The zero-order valence-electron chi connectivity index (χ0n) is 10.3. The highest BCUT2D eigenvalue weighted by atomic mass is 32.1. The van der Waals surface area contributed by atoms with Crippen LogP contribution in [0, 0.1) is 5.41 Å². The Morgan fingerprint density at radius 1 is 1.24 bits per heavy atom. The summed E-state index contributed by atoms with van der Waals surface area (Å²) in [7, 11) is 0. The van der Waals surface area contributed by atoms with Gasteiger partial charge in [0.25, 0.3) is 0 Å². The second-order valence-corrected chi connectivity index (χ2v) is 5.38. The Labute approximate surface area is 108 Å². The Balaban J connectivity index is 2.30. The molecular formula is C14H18N2S. The molecule has 0 amide bonds. The van der Waals surface area contributed by atoms with Gasteiger partial charge in [0.2, 0.25) is 0 Å². The predicted octanol–water partition coefficient (Wildman–Crippen LogP) is 3.51. The van der Waals surface area contributed by atoms with E-state index in [4.69, 9.17) is 0 Å². The van der Waals surface area contributed by atoms with Gasteiger partial charge in [0.05, 0.1) is 0 Å². The smallest absolute Gasteiger partial charge is 0.139 e. The Bertz CT molecular complexity index is 474. The maximum absolute atomic E-state index is 4.44. The van der Waals surface area contributed by atoms with Gasteiger partial charge in [-0.1, -0.05) is 44.2 Å². The van der Waals surface area contributed by atoms with Gasteiger partial charge >= 0.3 is 0 Å². The highest BCUT2D eigenvalue weighted by Crippen LogP contribution is 2.24. The average molecular weight is 246 g/mol. The highest BCUT2D eigenvalue weighted by molar-refractivity contribution is 7.80. The lowest BCUT2D eigenvalue weighted by Crippen LogP contribution is -2.21. The van der Waals surface area contributed by atoms with Gasteiger partial charge in [-0.15, -0.1) is 0 Å². The maximum Gasteiger partial charge on any atom is 0.139 e. The summed E-state index contributed by atoms with van der Waals surface area (Å²) >= 11 is 4.40. The molecule has 2 aromatic rings. The first-order valence-corrected chi connectivity index (χ1v) is 6.43. The van der Waals surface area contributed by atoms with E-state index in [2.05, 4.69) is 48.2 Å². The first-order valence-electron chi connectivity index (χ1n) is 5.80. The number of hydrogen-bond donors (Lipinski definition) is 1. The summed E-state index contributed by atoms with van der Waals surface area (Å²) in [5.41, 5.74) is 1.33. The van der Waals surface area contributed by atoms with Gasteiger partial charge in [-0.25, -0.2) is 4.98 Å². The van der Waals surface area contributed by atoms with Crippen LogP contribution in [0.4, 0.5) is 0 Å². The maximum atomic E-state index is 4.44. The largest absolute Gasteiger partial charge is 0.330 e. The standard InChI is InChI=1S/C14H18N2S/c1-14(2,11-17)10-16-9-8-15-13(16)12-6-4-3-5-7-12/h3-9,17H,10-11H2,1-2H3. The molecule has 1 heterocycles. The van der Waals surface area contributed by atoms with E-state index >= 15 is 0 Å². The van der Waals surface area contributed by atoms with Crippen molar-refractivity contribution in [1.29, 1.82) is 0 Å². The zero-order valence-corrected chi connectivity index (χ0v) is 11.2. The van der Waals surface area contributed by atoms with Crippen LogP contribution < -0.4 is 0 Å². The van der Waals surface area contributed by atoms with Gasteiger partial charge in [0, 0.05) is 24.5 Å². The van der Waals surface area contributed by atoms with Crippen LogP contribution in [0.2, 0.25) is 0 Å². The molecule has 2 nitrogen and oxygen atoms in total. The number of benzene rings is 1. The molecule has 0 radical (unpaired) electrons. The van der Waals surface area contributed by atoms with Crippen LogP contribution in [-0.2, 0) is 6.54 Å². The second-order valence-electron chi connectivity index (χ2n) is 5.07. The summed E-state index contributed by atoms with van der Waals surface area (Å²) in [6.45, 7) is 5.37. The highest BCUT2D eigenvalue weighted by Gasteiger charge is 2.18. The average Bonchev–Trinajstić information content (AvgIpc) is 2.77. The van der Waals surface area contributed by atoms with Gasteiger partial charge < -0.3 is 4.57 Å². The van der Waals surface area contributed by atoms with Crippen molar-refractivity contribution in [3.8, 4) is 11.4 Å². The van der Waals surface area contributed by atoms with Crippen molar-refractivity contribution in [2.45, 2.75) is 20.4 Å². The Hall–Kier alpha value is -1.22. The van der Waals surface area contributed by atoms with E-state index in [0.29, 0.717) is 0 Å². The third-order valence-corrected chi connectivity index (χ3v) is 3.63. The molecule has 90 valence electrons. The van der Waals surface area contributed by atoms with Crippen molar-refractivity contribution in [1.82, 2.24) is 9.55 Å². The van der Waals surface area contributed by atoms with Crippen molar-refractivity contribution in [2.24, 2.45) is 5.41 Å². The molecule has 0 bridgehead atoms. The van der Waals surface area contributed by atoms with E-state index < -0.39 is 0 Å². The van der Waals surface area contributed by atoms with E-state index in [0.717, 1.165) is 23.7 Å². The van der Waals surface area contributed by atoms with Crippen molar-refractivity contribution in [3.63, 3.8) is 0 Å². The number of hydrogen-bond acceptors (Lipinski definition) is 2. The fourth-order valence-electron chi connectivity index (χ4n) is 1.80. The predicted molar refractivity (Wildman–Crippen MR) is 75.3 cm³/mol. The summed E-state index contributed by atoms with van der Waals surface area (Å²) in [5, 5.41) is 0. The van der Waals surface area contributed by atoms with Crippen LogP contribution in [0.1, 0.15) is 13.8 Å². The molecule has 17 heavy (non-hydrogen) atoms. The molecule has 2 rings (SSSR count). The van der Waals surface area contributed by atoms with Crippen molar-refractivity contribution in [3.05, 3.63) is 42.7 Å². The van der Waals surface area contributed by atoms with E-state index in [-0.39, 0.29) is 5.41 Å². The minimum absolute atomic E-state index is 0.174. The number of aromatic nitrogens is 2. The van der Waals surface area contributed by atoms with Gasteiger partial charge in [-0.3, -0.25) is 0 Å². The molecule has 3 heteroatoms. The number of rotatable bonds is 4. The Kier molecular flexibility index (Phi) is 3.57. The lowest BCUT2D eigenvalue weighted by molar-refractivity contribution is 0.355. The van der Waals surface area contributed by atoms with Crippen molar-refractivity contribution >= 4 is 12.6 Å². The first kappa shape index (κ1) is 12.2. The molecule has 0 spiro atoms. The molecule has 0 saturated carbocycles. The third-order valence-electron chi connectivity index (χ3n) is 2.77. The van der Waals surface area contributed by atoms with Crippen molar-refractivity contribution in [2.75, 3.05) is 5.75 Å². The fraction of sp³-hybridized carbons (Fsp3) is 0.357. The SMILES string of the molecule is CC(C)(CS)Cn1ccnc1-c1ccccc1. The molecule has 0 atom stereocenters. The molecule has 0 N–H and O–H groups in total. The van der Waals surface area contributed by atoms with Crippen LogP contribution in [-0.4, -0.2) is 15.3 Å². The van der Waals surface area contributed by atoms with E-state index in [1.165, 1.54) is 0 Å². The minimum Gasteiger partial charge on any atom is -0.330 e. The van der Waals surface area contributed by atoms with E-state index in [9.17, 15) is 0 Å². The van der Waals surface area contributed by atoms with Gasteiger partial charge in [-0.2, -0.15) is 12.6 Å². The summed E-state index contributed by atoms with van der Waals surface area (Å²) in [4.78, 5) is 4.44. The molecule has 0 aliphatic carbocycles. The molecule has 0 aliphatic heterocycles. The molecule has 0 saturated heterocycles. The van der Waals surface area contributed by atoms with Crippen molar-refractivity contribution < 1.29 is 0 Å². The summed E-state index contributed by atoms with van der Waals surface area (Å²) < 4.78 is 2.20. The lowest BCUT2D eigenvalue weighted by atomic mass is 9.96. The number of nitrogens with zero attached hydrogens (tertiary/aromatic N) is 2. The Morgan fingerprint density at radius 3 is 2.59 bits per heavy atom. The molecular weight excluding hydrogens is 228 g/mol. The van der Waals surface area contributed by atoms with Gasteiger partial charge in [0.1, 0.15) is 5.82 Å². The zero-order chi connectivity index (χ0) is 12.3. The van der Waals surface area contributed by atoms with Crippen LogP contribution >= 0.6 is 12.6 Å². The number of imidazole rings is 1. The monoisotopic (exact) mass is 246 g/mol. The third kappa shape index (κ3) is 2.91. The van der Waals surface area contributed by atoms with E-state index in [1.807, 2.05) is 30.6 Å². The van der Waals surface area contributed by atoms with Crippen LogP contribution in [0.15, 0.2) is 42.7 Å². The van der Waals surface area contributed by atoms with Gasteiger partial charge in [-0.05, 0) is 11.2 Å². The minimum atomic E-state index is 0.174. The Morgan fingerprint density at radius 2 is 1.94 bits per heavy atom. The normalized spacial score (nSPS) is 11.7. The first-order chi connectivity index (χ1) is 8.12. The molecule has 1 aromatic carbocycles. The lowest BCUT2D eigenvalue weighted by Gasteiger charge is -2.23. The van der Waals surface area contributed by atoms with Crippen LogP contribution in [0.3, 0.4) is 0 Å².